The molecular weight excluding hydrogens is 368 g/mol. The maximum Gasteiger partial charge on any atom is 0.222 e. The Morgan fingerprint density at radius 3 is 2.72 bits per heavy atom. The van der Waals surface area contributed by atoms with Gasteiger partial charge in [-0.25, -0.2) is 4.98 Å². The minimum atomic E-state index is -0.157. The van der Waals surface area contributed by atoms with Crippen molar-refractivity contribution in [2.75, 3.05) is 19.0 Å². The minimum Gasteiger partial charge on any atom is -0.490 e. The van der Waals surface area contributed by atoms with Gasteiger partial charge in [-0.1, -0.05) is 27.7 Å². The van der Waals surface area contributed by atoms with Crippen LogP contribution in [0.4, 0.5) is 5.82 Å². The van der Waals surface area contributed by atoms with Crippen LogP contribution in [0.1, 0.15) is 46.6 Å². The molecule has 3 rings (SSSR count). The van der Waals surface area contributed by atoms with Gasteiger partial charge in [-0.05, 0) is 41.5 Å². The summed E-state index contributed by atoms with van der Waals surface area (Å²) in [5, 5.41) is 2.73. The fourth-order valence-electron chi connectivity index (χ4n) is 3.89. The van der Waals surface area contributed by atoms with Gasteiger partial charge in [-0.2, -0.15) is 0 Å². The van der Waals surface area contributed by atoms with Crippen molar-refractivity contribution in [3.8, 4) is 28.4 Å². The second kappa shape index (κ2) is 8.31. The molecule has 156 valence electrons. The van der Waals surface area contributed by atoms with E-state index in [-0.39, 0.29) is 11.3 Å². The van der Waals surface area contributed by atoms with Gasteiger partial charge in [0.15, 0.2) is 11.5 Å². The third-order valence-corrected chi connectivity index (χ3v) is 4.81. The monoisotopic (exact) mass is 398 g/mol. The van der Waals surface area contributed by atoms with Gasteiger partial charge in [0.2, 0.25) is 11.7 Å². The van der Waals surface area contributed by atoms with Crippen molar-refractivity contribution < 1.29 is 19.0 Å². The molecule has 0 atom stereocenters. The molecule has 29 heavy (non-hydrogen) atoms. The number of pyridine rings is 1. The first-order chi connectivity index (χ1) is 13.7. The van der Waals surface area contributed by atoms with Gasteiger partial charge >= 0.3 is 0 Å². The summed E-state index contributed by atoms with van der Waals surface area (Å²) >= 11 is 0. The summed E-state index contributed by atoms with van der Waals surface area (Å²) in [5.41, 5.74) is 2.88. The van der Waals surface area contributed by atoms with Crippen LogP contribution in [0.5, 0.6) is 17.2 Å². The van der Waals surface area contributed by atoms with E-state index in [0.29, 0.717) is 42.2 Å². The smallest absolute Gasteiger partial charge is 0.222 e. The maximum atomic E-state index is 11.4. The maximum absolute atomic E-state index is 11.4. The highest BCUT2D eigenvalue weighted by atomic mass is 16.5. The van der Waals surface area contributed by atoms with Crippen molar-refractivity contribution in [2.45, 2.75) is 47.6 Å². The summed E-state index contributed by atoms with van der Waals surface area (Å²) in [6.45, 7) is 11.3. The molecule has 1 aromatic heterocycles. The Morgan fingerprint density at radius 1 is 1.31 bits per heavy atom. The fourth-order valence-corrected chi connectivity index (χ4v) is 3.89. The molecular formula is C23H30N2O4. The predicted octanol–water partition coefficient (Wildman–Crippen LogP) is 5.06. The molecule has 0 fully saturated rings. The van der Waals surface area contributed by atoms with Crippen LogP contribution in [0.2, 0.25) is 0 Å². The Balaban J connectivity index is 1.92. The number of rotatable bonds is 7. The Kier molecular flexibility index (Phi) is 6.01. The van der Waals surface area contributed by atoms with E-state index in [4.69, 9.17) is 14.2 Å². The number of hydrogen-bond acceptors (Lipinski definition) is 5. The predicted molar refractivity (Wildman–Crippen MR) is 114 cm³/mol. The molecule has 6 nitrogen and oxygen atoms in total. The van der Waals surface area contributed by atoms with Gasteiger partial charge in [-0.15, -0.1) is 0 Å². The highest BCUT2D eigenvalue weighted by Gasteiger charge is 2.26. The molecule has 1 aromatic carbocycles. The van der Waals surface area contributed by atoms with Gasteiger partial charge in [0.25, 0.3) is 0 Å². The molecule has 0 saturated carbocycles. The second-order valence-electron chi connectivity index (χ2n) is 8.72. The molecule has 1 aliphatic heterocycles. The van der Waals surface area contributed by atoms with Crippen molar-refractivity contribution >= 4 is 11.7 Å². The molecule has 0 unspecified atom stereocenters. The molecule has 6 heteroatoms. The van der Waals surface area contributed by atoms with Crippen LogP contribution in [-0.4, -0.2) is 24.6 Å². The molecule has 1 amide bonds. The van der Waals surface area contributed by atoms with E-state index in [9.17, 15) is 4.79 Å². The molecule has 2 heterocycles. The number of carbonyl (C=O) groups is 1. The Labute approximate surface area is 172 Å². The van der Waals surface area contributed by atoms with Crippen molar-refractivity contribution in [2.24, 2.45) is 11.3 Å². The van der Waals surface area contributed by atoms with E-state index in [1.165, 1.54) is 6.92 Å². The molecule has 0 spiro atoms. The van der Waals surface area contributed by atoms with E-state index in [0.717, 1.165) is 23.1 Å². The average molecular weight is 399 g/mol. The number of nitrogens with zero attached hydrogens (tertiary/aromatic N) is 1. The molecule has 0 radical (unpaired) electrons. The zero-order chi connectivity index (χ0) is 21.2. The number of anilines is 1. The first kappa shape index (κ1) is 21.0. The zero-order valence-corrected chi connectivity index (χ0v) is 18.1. The largest absolute Gasteiger partial charge is 0.490 e. The van der Waals surface area contributed by atoms with Crippen LogP contribution in [0.15, 0.2) is 24.4 Å². The van der Waals surface area contributed by atoms with Crippen LogP contribution in [0, 0.1) is 11.3 Å². The summed E-state index contributed by atoms with van der Waals surface area (Å²) in [6.07, 6.45) is 2.80. The van der Waals surface area contributed by atoms with E-state index >= 15 is 0 Å². The molecule has 0 bridgehead atoms. The van der Waals surface area contributed by atoms with Crippen molar-refractivity contribution in [1.82, 2.24) is 4.98 Å². The number of amides is 1. The first-order valence-corrected chi connectivity index (χ1v) is 9.93. The van der Waals surface area contributed by atoms with Crippen LogP contribution in [0.3, 0.4) is 0 Å². The third kappa shape index (κ3) is 4.81. The standard InChI is InChI=1S/C23H30N2O4/c1-14(2)10-23(4,5)13-29-19-8-7-17-18-9-20(25-15(3)26)24-11-16(18)12-28-21(17)22(19)27-6/h7-9,11,14H,10,12-13H2,1-6H3,(H,24,25,26). The summed E-state index contributed by atoms with van der Waals surface area (Å²) < 4.78 is 17.8. The number of methoxy groups -OCH3 is 1. The van der Waals surface area contributed by atoms with Gasteiger partial charge < -0.3 is 19.5 Å². The molecule has 0 aliphatic carbocycles. The lowest BCUT2D eigenvalue weighted by Crippen LogP contribution is -2.23. The fraction of sp³-hybridized carbons (Fsp3) is 0.478. The van der Waals surface area contributed by atoms with E-state index < -0.39 is 0 Å². The molecule has 1 N–H and O–H groups in total. The van der Waals surface area contributed by atoms with Gasteiger partial charge in [0.05, 0.1) is 13.7 Å². The number of hydrogen-bond donors (Lipinski definition) is 1. The molecule has 2 aromatic rings. The Bertz CT molecular complexity index is 906. The number of fused-ring (bicyclic) bond motifs is 3. The van der Waals surface area contributed by atoms with Crippen LogP contribution in [0.25, 0.3) is 11.1 Å². The number of benzene rings is 1. The van der Waals surface area contributed by atoms with Crippen molar-refractivity contribution in [1.29, 1.82) is 0 Å². The van der Waals surface area contributed by atoms with E-state index in [2.05, 4.69) is 38.0 Å². The quantitative estimate of drug-likeness (QED) is 0.706. The van der Waals surface area contributed by atoms with Crippen LogP contribution >= 0.6 is 0 Å². The first-order valence-electron chi connectivity index (χ1n) is 9.93. The molecule has 0 saturated heterocycles. The van der Waals surface area contributed by atoms with Gasteiger partial charge in [0.1, 0.15) is 12.4 Å². The Morgan fingerprint density at radius 2 is 2.07 bits per heavy atom. The van der Waals surface area contributed by atoms with Crippen molar-refractivity contribution in [3.63, 3.8) is 0 Å². The lowest BCUT2D eigenvalue weighted by Gasteiger charge is -2.28. The van der Waals surface area contributed by atoms with Crippen molar-refractivity contribution in [3.05, 3.63) is 30.0 Å². The number of carbonyl (C=O) groups excluding carboxylic acids is 1. The zero-order valence-electron chi connectivity index (χ0n) is 18.1. The molecule has 1 aliphatic rings. The summed E-state index contributed by atoms with van der Waals surface area (Å²) in [5.74, 6) is 2.87. The summed E-state index contributed by atoms with van der Waals surface area (Å²) in [4.78, 5) is 15.7. The third-order valence-electron chi connectivity index (χ3n) is 4.81. The van der Waals surface area contributed by atoms with Crippen LogP contribution < -0.4 is 19.5 Å². The normalized spacial score (nSPS) is 12.7. The lowest BCUT2D eigenvalue weighted by atomic mass is 9.85. The van der Waals surface area contributed by atoms with E-state index in [1.54, 1.807) is 13.3 Å². The topological polar surface area (TPSA) is 69.7 Å². The highest BCUT2D eigenvalue weighted by Crippen LogP contribution is 2.48. The number of ether oxygens (including phenoxy) is 3. The highest BCUT2D eigenvalue weighted by molar-refractivity contribution is 5.89. The Hall–Kier alpha value is -2.76. The second-order valence-corrected chi connectivity index (χ2v) is 8.72. The van der Waals surface area contributed by atoms with Crippen LogP contribution in [-0.2, 0) is 11.4 Å². The summed E-state index contributed by atoms with van der Waals surface area (Å²) in [6, 6.07) is 5.75. The summed E-state index contributed by atoms with van der Waals surface area (Å²) in [7, 11) is 1.62. The van der Waals surface area contributed by atoms with Gasteiger partial charge in [0, 0.05) is 24.2 Å². The van der Waals surface area contributed by atoms with Gasteiger partial charge in [-0.3, -0.25) is 4.79 Å². The SMILES string of the molecule is COc1c(OCC(C)(C)CC(C)C)ccc2c1OCc1cnc(NC(C)=O)cc1-2. The number of nitrogens with one attached hydrogen (secondary N) is 1. The van der Waals surface area contributed by atoms with E-state index in [1.807, 2.05) is 18.2 Å². The minimum absolute atomic E-state index is 0.0570. The lowest BCUT2D eigenvalue weighted by molar-refractivity contribution is -0.114. The number of aromatic nitrogens is 1. The average Bonchev–Trinajstić information content (AvgIpc) is 2.64.